The van der Waals surface area contributed by atoms with Gasteiger partial charge in [-0.3, -0.25) is 9.78 Å². The standard InChI is InChI=1S/C16H17N3O3/c1-3-12-6-4-5-11(2)15(12)19-14(20)10-22-16(21)13-9-17-7-8-18-13/h4-9H,3,10H2,1-2H3,(H,19,20). The predicted molar refractivity (Wildman–Crippen MR) is 81.5 cm³/mol. The van der Waals surface area contributed by atoms with Gasteiger partial charge in [-0.1, -0.05) is 25.1 Å². The number of para-hydroxylation sites is 1. The highest BCUT2D eigenvalue weighted by atomic mass is 16.5. The molecule has 0 radical (unpaired) electrons. The molecule has 2 aromatic rings. The lowest BCUT2D eigenvalue weighted by molar-refractivity contribution is -0.119. The van der Waals surface area contributed by atoms with Crippen molar-refractivity contribution in [3.63, 3.8) is 0 Å². The second-order valence-electron chi connectivity index (χ2n) is 4.68. The van der Waals surface area contributed by atoms with Crippen LogP contribution >= 0.6 is 0 Å². The number of benzene rings is 1. The molecule has 6 heteroatoms. The molecule has 0 aliphatic carbocycles. The number of ether oxygens (including phenoxy) is 1. The number of carbonyl (C=O) groups is 2. The van der Waals surface area contributed by atoms with E-state index in [1.807, 2.05) is 32.0 Å². The number of anilines is 1. The van der Waals surface area contributed by atoms with E-state index in [2.05, 4.69) is 15.3 Å². The van der Waals surface area contributed by atoms with Gasteiger partial charge in [-0.05, 0) is 24.5 Å². The Hall–Kier alpha value is -2.76. The Labute approximate surface area is 128 Å². The largest absolute Gasteiger partial charge is 0.451 e. The minimum Gasteiger partial charge on any atom is -0.451 e. The Bertz CT molecular complexity index is 672. The molecule has 0 fully saturated rings. The van der Waals surface area contributed by atoms with Crippen LogP contribution in [0.1, 0.15) is 28.5 Å². The number of hydrogen-bond acceptors (Lipinski definition) is 5. The number of rotatable bonds is 5. The molecular formula is C16H17N3O3. The average molecular weight is 299 g/mol. The maximum atomic E-state index is 11.9. The molecule has 0 aliphatic heterocycles. The SMILES string of the molecule is CCc1cccc(C)c1NC(=O)COC(=O)c1cnccn1. The van der Waals surface area contributed by atoms with Crippen molar-refractivity contribution in [3.8, 4) is 0 Å². The molecule has 0 saturated heterocycles. The summed E-state index contributed by atoms with van der Waals surface area (Å²) >= 11 is 0. The molecule has 1 aromatic heterocycles. The summed E-state index contributed by atoms with van der Waals surface area (Å²) in [5.41, 5.74) is 2.84. The van der Waals surface area contributed by atoms with Crippen molar-refractivity contribution in [2.24, 2.45) is 0 Å². The van der Waals surface area contributed by atoms with Crippen molar-refractivity contribution in [2.75, 3.05) is 11.9 Å². The second-order valence-corrected chi connectivity index (χ2v) is 4.68. The minimum atomic E-state index is -0.677. The third kappa shape index (κ3) is 3.88. The van der Waals surface area contributed by atoms with Gasteiger partial charge in [0.05, 0.1) is 6.20 Å². The number of nitrogens with zero attached hydrogens (tertiary/aromatic N) is 2. The Balaban J connectivity index is 1.95. The van der Waals surface area contributed by atoms with E-state index in [9.17, 15) is 9.59 Å². The number of esters is 1. The summed E-state index contributed by atoms with van der Waals surface area (Å²) in [4.78, 5) is 31.2. The third-order valence-electron chi connectivity index (χ3n) is 3.11. The van der Waals surface area contributed by atoms with E-state index >= 15 is 0 Å². The van der Waals surface area contributed by atoms with E-state index in [1.165, 1.54) is 18.6 Å². The first-order chi connectivity index (χ1) is 10.6. The van der Waals surface area contributed by atoms with Gasteiger partial charge in [0.2, 0.25) is 0 Å². The molecule has 1 N–H and O–H groups in total. The maximum Gasteiger partial charge on any atom is 0.359 e. The summed E-state index contributed by atoms with van der Waals surface area (Å²) in [6, 6.07) is 5.81. The van der Waals surface area contributed by atoms with Gasteiger partial charge in [0.15, 0.2) is 12.3 Å². The van der Waals surface area contributed by atoms with Gasteiger partial charge in [0, 0.05) is 18.1 Å². The van der Waals surface area contributed by atoms with E-state index < -0.39 is 5.97 Å². The van der Waals surface area contributed by atoms with Crippen LogP contribution in [0.4, 0.5) is 5.69 Å². The van der Waals surface area contributed by atoms with Crippen molar-refractivity contribution < 1.29 is 14.3 Å². The second kappa shape index (κ2) is 7.31. The molecule has 0 atom stereocenters. The van der Waals surface area contributed by atoms with Crippen LogP contribution in [0, 0.1) is 6.92 Å². The van der Waals surface area contributed by atoms with Crippen LogP contribution in [0.3, 0.4) is 0 Å². The van der Waals surface area contributed by atoms with Gasteiger partial charge in [-0.2, -0.15) is 0 Å². The molecule has 0 unspecified atom stereocenters. The maximum absolute atomic E-state index is 11.9. The van der Waals surface area contributed by atoms with Crippen LogP contribution in [0.2, 0.25) is 0 Å². The van der Waals surface area contributed by atoms with Gasteiger partial charge < -0.3 is 10.1 Å². The minimum absolute atomic E-state index is 0.0699. The van der Waals surface area contributed by atoms with E-state index in [0.717, 1.165) is 23.2 Å². The fraction of sp³-hybridized carbons (Fsp3) is 0.250. The Kier molecular flexibility index (Phi) is 5.19. The molecule has 1 amide bonds. The Morgan fingerprint density at radius 2 is 2.09 bits per heavy atom. The Morgan fingerprint density at radius 3 is 2.77 bits per heavy atom. The third-order valence-corrected chi connectivity index (χ3v) is 3.11. The first-order valence-corrected chi connectivity index (χ1v) is 6.93. The van der Waals surface area contributed by atoms with Crippen LogP contribution in [-0.2, 0) is 16.0 Å². The van der Waals surface area contributed by atoms with Crippen molar-refractivity contribution in [1.29, 1.82) is 0 Å². The van der Waals surface area contributed by atoms with Crippen molar-refractivity contribution in [3.05, 3.63) is 53.6 Å². The molecule has 1 heterocycles. The summed E-state index contributed by atoms with van der Waals surface area (Å²) in [5.74, 6) is -1.06. The van der Waals surface area contributed by atoms with Crippen LogP contribution in [0.25, 0.3) is 0 Å². The zero-order chi connectivity index (χ0) is 15.9. The summed E-state index contributed by atoms with van der Waals surface area (Å²) in [6.45, 7) is 3.56. The number of amides is 1. The molecular weight excluding hydrogens is 282 g/mol. The van der Waals surface area contributed by atoms with Crippen molar-refractivity contribution in [2.45, 2.75) is 20.3 Å². The lowest BCUT2D eigenvalue weighted by Crippen LogP contribution is -2.22. The lowest BCUT2D eigenvalue weighted by atomic mass is 10.1. The number of hydrogen-bond donors (Lipinski definition) is 1. The Morgan fingerprint density at radius 1 is 1.27 bits per heavy atom. The van der Waals surface area contributed by atoms with Gasteiger partial charge >= 0.3 is 5.97 Å². The molecule has 1 aromatic carbocycles. The van der Waals surface area contributed by atoms with E-state index in [-0.39, 0.29) is 18.2 Å². The molecule has 0 spiro atoms. The van der Waals surface area contributed by atoms with Gasteiger partial charge in [-0.15, -0.1) is 0 Å². The highest BCUT2D eigenvalue weighted by Gasteiger charge is 2.13. The number of carbonyl (C=O) groups excluding carboxylic acids is 2. The summed E-state index contributed by atoms with van der Waals surface area (Å²) in [6.07, 6.45) is 4.93. The first kappa shape index (κ1) is 15.6. The topological polar surface area (TPSA) is 81.2 Å². The lowest BCUT2D eigenvalue weighted by Gasteiger charge is -2.12. The normalized spacial score (nSPS) is 10.1. The van der Waals surface area contributed by atoms with E-state index in [4.69, 9.17) is 4.74 Å². The zero-order valence-electron chi connectivity index (χ0n) is 12.5. The highest BCUT2D eigenvalue weighted by molar-refractivity contribution is 5.95. The smallest absolute Gasteiger partial charge is 0.359 e. The predicted octanol–water partition coefficient (Wildman–Crippen LogP) is 2.14. The zero-order valence-corrected chi connectivity index (χ0v) is 12.5. The van der Waals surface area contributed by atoms with Crippen LogP contribution in [-0.4, -0.2) is 28.5 Å². The summed E-state index contributed by atoms with van der Waals surface area (Å²) in [7, 11) is 0. The molecule has 0 saturated carbocycles. The number of nitrogens with one attached hydrogen (secondary N) is 1. The molecule has 114 valence electrons. The number of aryl methyl sites for hydroxylation is 2. The first-order valence-electron chi connectivity index (χ1n) is 6.93. The van der Waals surface area contributed by atoms with E-state index in [0.29, 0.717) is 0 Å². The van der Waals surface area contributed by atoms with Crippen molar-refractivity contribution >= 4 is 17.6 Å². The van der Waals surface area contributed by atoms with Crippen LogP contribution < -0.4 is 5.32 Å². The monoisotopic (exact) mass is 299 g/mol. The molecule has 0 bridgehead atoms. The quantitative estimate of drug-likeness (QED) is 0.855. The number of aromatic nitrogens is 2. The van der Waals surface area contributed by atoms with Crippen LogP contribution in [0.5, 0.6) is 0 Å². The average Bonchev–Trinajstić information content (AvgIpc) is 2.55. The van der Waals surface area contributed by atoms with E-state index in [1.54, 1.807) is 0 Å². The van der Waals surface area contributed by atoms with Gasteiger partial charge in [0.1, 0.15) is 0 Å². The highest BCUT2D eigenvalue weighted by Crippen LogP contribution is 2.20. The van der Waals surface area contributed by atoms with Gasteiger partial charge in [0.25, 0.3) is 5.91 Å². The molecule has 0 aliphatic rings. The fourth-order valence-corrected chi connectivity index (χ4v) is 1.99. The van der Waals surface area contributed by atoms with Gasteiger partial charge in [-0.25, -0.2) is 9.78 Å². The van der Waals surface area contributed by atoms with Crippen LogP contribution in [0.15, 0.2) is 36.8 Å². The molecule has 6 nitrogen and oxygen atoms in total. The summed E-state index contributed by atoms with van der Waals surface area (Å²) in [5, 5.41) is 2.78. The summed E-state index contributed by atoms with van der Waals surface area (Å²) < 4.78 is 4.92. The molecule has 22 heavy (non-hydrogen) atoms. The molecule has 2 rings (SSSR count). The fourth-order valence-electron chi connectivity index (χ4n) is 1.99. The van der Waals surface area contributed by atoms with Crippen molar-refractivity contribution in [1.82, 2.24) is 9.97 Å².